The lowest BCUT2D eigenvalue weighted by atomic mass is 9.78. The molecular weight excluding hydrogens is 336 g/mol. The maximum atomic E-state index is 13.0. The van der Waals surface area contributed by atoms with Gasteiger partial charge in [0.05, 0.1) is 0 Å². The molecule has 0 bridgehead atoms. The van der Waals surface area contributed by atoms with Gasteiger partial charge in [0.1, 0.15) is 5.58 Å². The largest absolute Gasteiger partial charge is 0.450 e. The molecule has 1 N–H and O–H groups in total. The normalized spacial score (nSPS) is 19.4. The van der Waals surface area contributed by atoms with Crippen LogP contribution in [0.2, 0.25) is 0 Å². The van der Waals surface area contributed by atoms with Crippen LogP contribution < -0.4 is 5.32 Å². The maximum Gasteiger partial charge on any atom is 0.289 e. The second-order valence-corrected chi connectivity index (χ2v) is 7.68. The van der Waals surface area contributed by atoms with Crippen molar-refractivity contribution in [3.63, 3.8) is 0 Å². The van der Waals surface area contributed by atoms with Gasteiger partial charge in [-0.05, 0) is 63.1 Å². The van der Waals surface area contributed by atoms with Gasteiger partial charge in [-0.25, -0.2) is 0 Å². The van der Waals surface area contributed by atoms with E-state index in [2.05, 4.69) is 24.4 Å². The summed E-state index contributed by atoms with van der Waals surface area (Å²) < 4.78 is 6.04. The monoisotopic (exact) mass is 362 g/mol. The van der Waals surface area contributed by atoms with Crippen molar-refractivity contribution in [3.8, 4) is 0 Å². The van der Waals surface area contributed by atoms with Gasteiger partial charge in [0.25, 0.3) is 5.91 Å². The number of aryl methyl sites for hydroxylation is 3. The number of hydrogen-bond acceptors (Lipinski definition) is 3. The van der Waals surface area contributed by atoms with Crippen LogP contribution >= 0.6 is 12.4 Å². The Balaban J connectivity index is 0.00000182. The smallest absolute Gasteiger partial charge is 0.289 e. The van der Waals surface area contributed by atoms with Crippen LogP contribution in [0.25, 0.3) is 11.0 Å². The van der Waals surface area contributed by atoms with Crippen LogP contribution in [0.1, 0.15) is 46.5 Å². The van der Waals surface area contributed by atoms with Crippen LogP contribution in [0.5, 0.6) is 0 Å². The number of nitrogens with one attached hydrogen (secondary N) is 1. The Morgan fingerprint density at radius 3 is 2.40 bits per heavy atom. The summed E-state index contributed by atoms with van der Waals surface area (Å²) in [6.07, 6.45) is 3.45. The summed E-state index contributed by atoms with van der Waals surface area (Å²) in [5.41, 5.74) is 4.54. The third-order valence-electron chi connectivity index (χ3n) is 6.12. The molecule has 0 atom stereocenters. The van der Waals surface area contributed by atoms with E-state index in [0.717, 1.165) is 61.1 Å². The first-order valence-corrected chi connectivity index (χ1v) is 9.00. The summed E-state index contributed by atoms with van der Waals surface area (Å²) in [5.74, 6) is 0.589. The number of hydrogen-bond donors (Lipinski definition) is 1. The minimum absolute atomic E-state index is 0. The van der Waals surface area contributed by atoms with Crippen molar-refractivity contribution in [2.75, 3.05) is 26.2 Å². The number of halogens is 1. The Bertz CT molecular complexity index is 796. The van der Waals surface area contributed by atoms with E-state index >= 15 is 0 Å². The first-order chi connectivity index (χ1) is 11.5. The van der Waals surface area contributed by atoms with Crippen molar-refractivity contribution < 1.29 is 9.21 Å². The number of carbonyl (C=O) groups is 1. The van der Waals surface area contributed by atoms with Gasteiger partial charge < -0.3 is 14.6 Å². The number of carbonyl (C=O) groups excluding carboxylic acids is 1. The van der Waals surface area contributed by atoms with Crippen LogP contribution in [-0.2, 0) is 0 Å². The topological polar surface area (TPSA) is 45.5 Å². The standard InChI is InChI=1S/C20H26N2O2.ClH/c1-13-4-5-14(2)17-16(13)15(3)18(24-17)19(23)22-10-7-20(8-11-22)6-9-21-12-20;/h4-5,21H,6-12H2,1-3H3;1H. The molecule has 1 amide bonds. The molecule has 0 saturated carbocycles. The third-order valence-corrected chi connectivity index (χ3v) is 6.12. The fraction of sp³-hybridized carbons (Fsp3) is 0.550. The highest BCUT2D eigenvalue weighted by molar-refractivity contribution is 6.00. The number of rotatable bonds is 1. The van der Waals surface area contributed by atoms with Crippen LogP contribution in [0.4, 0.5) is 0 Å². The first-order valence-electron chi connectivity index (χ1n) is 9.00. The van der Waals surface area contributed by atoms with E-state index in [1.165, 1.54) is 12.0 Å². The molecule has 0 unspecified atom stereocenters. The van der Waals surface area contributed by atoms with Gasteiger partial charge in [-0.3, -0.25) is 4.79 Å². The molecule has 2 fully saturated rings. The highest BCUT2D eigenvalue weighted by atomic mass is 35.5. The lowest BCUT2D eigenvalue weighted by Gasteiger charge is -2.38. The SMILES string of the molecule is Cc1ccc(C)c2c(C)c(C(=O)N3CCC4(CCNC4)CC3)oc12.Cl. The summed E-state index contributed by atoms with van der Waals surface area (Å²) in [7, 11) is 0. The summed E-state index contributed by atoms with van der Waals surface area (Å²) >= 11 is 0. The van der Waals surface area contributed by atoms with Gasteiger partial charge in [0, 0.05) is 30.6 Å². The molecule has 3 heterocycles. The third kappa shape index (κ3) is 2.96. The Hall–Kier alpha value is -1.52. The number of amides is 1. The molecule has 4 rings (SSSR count). The fourth-order valence-corrected chi connectivity index (χ4v) is 4.43. The number of piperidine rings is 1. The Morgan fingerprint density at radius 2 is 1.80 bits per heavy atom. The summed E-state index contributed by atoms with van der Waals surface area (Å²) in [6.45, 7) is 10.0. The minimum Gasteiger partial charge on any atom is -0.450 e. The second kappa shape index (κ2) is 6.65. The van der Waals surface area contributed by atoms with Gasteiger partial charge in [-0.15, -0.1) is 12.4 Å². The average Bonchev–Trinajstić information content (AvgIpc) is 3.17. The van der Waals surface area contributed by atoms with Gasteiger partial charge in [-0.2, -0.15) is 0 Å². The maximum absolute atomic E-state index is 13.0. The Kier molecular flexibility index (Phi) is 4.86. The molecule has 2 aliphatic heterocycles. The number of furan rings is 1. The van der Waals surface area contributed by atoms with E-state index in [9.17, 15) is 4.79 Å². The summed E-state index contributed by atoms with van der Waals surface area (Å²) in [6, 6.07) is 4.17. The van der Waals surface area contributed by atoms with Gasteiger partial charge in [-0.1, -0.05) is 12.1 Å². The zero-order valence-corrected chi connectivity index (χ0v) is 16.1. The molecule has 5 heteroatoms. The van der Waals surface area contributed by atoms with E-state index < -0.39 is 0 Å². The molecule has 1 aromatic carbocycles. The van der Waals surface area contributed by atoms with Gasteiger partial charge >= 0.3 is 0 Å². The molecule has 2 aliphatic rings. The van der Waals surface area contributed by atoms with Crippen molar-refractivity contribution in [1.29, 1.82) is 0 Å². The molecule has 1 aromatic heterocycles. The minimum atomic E-state index is 0. The first kappa shape index (κ1) is 18.3. The van der Waals surface area contributed by atoms with Crippen molar-refractivity contribution in [2.45, 2.75) is 40.0 Å². The van der Waals surface area contributed by atoms with Gasteiger partial charge in [0.15, 0.2) is 5.76 Å². The van der Waals surface area contributed by atoms with Crippen molar-refractivity contribution in [2.24, 2.45) is 5.41 Å². The number of fused-ring (bicyclic) bond motifs is 1. The molecule has 2 saturated heterocycles. The zero-order chi connectivity index (χ0) is 16.9. The molecule has 25 heavy (non-hydrogen) atoms. The molecule has 1 spiro atoms. The molecule has 4 nitrogen and oxygen atoms in total. The highest BCUT2D eigenvalue weighted by Crippen LogP contribution is 2.38. The van der Waals surface area contributed by atoms with E-state index in [0.29, 0.717) is 11.2 Å². The quantitative estimate of drug-likeness (QED) is 0.834. The summed E-state index contributed by atoms with van der Waals surface area (Å²) in [4.78, 5) is 15.0. The van der Waals surface area contributed by atoms with Crippen LogP contribution in [0, 0.1) is 26.2 Å². The lowest BCUT2D eigenvalue weighted by molar-refractivity contribution is 0.0578. The zero-order valence-electron chi connectivity index (χ0n) is 15.3. The lowest BCUT2D eigenvalue weighted by Crippen LogP contribution is -2.44. The average molecular weight is 363 g/mol. The molecular formula is C20H27ClN2O2. The predicted molar refractivity (Wildman–Crippen MR) is 103 cm³/mol. The Morgan fingerprint density at radius 1 is 1.12 bits per heavy atom. The van der Waals surface area contributed by atoms with E-state index in [1.54, 1.807) is 0 Å². The van der Waals surface area contributed by atoms with Crippen LogP contribution in [-0.4, -0.2) is 37.0 Å². The predicted octanol–water partition coefficient (Wildman–Crippen LogP) is 4.00. The fourth-order valence-electron chi connectivity index (χ4n) is 4.43. The molecule has 0 aliphatic carbocycles. The number of likely N-dealkylation sites (tertiary alicyclic amines) is 1. The van der Waals surface area contributed by atoms with Crippen LogP contribution in [0.3, 0.4) is 0 Å². The van der Waals surface area contributed by atoms with Gasteiger partial charge in [0.2, 0.25) is 0 Å². The van der Waals surface area contributed by atoms with Crippen molar-refractivity contribution in [1.82, 2.24) is 10.2 Å². The molecule has 2 aromatic rings. The highest BCUT2D eigenvalue weighted by Gasteiger charge is 2.39. The van der Waals surface area contributed by atoms with Crippen molar-refractivity contribution >= 4 is 29.3 Å². The Labute approximate surface area is 155 Å². The second-order valence-electron chi connectivity index (χ2n) is 7.68. The van der Waals surface area contributed by atoms with Crippen LogP contribution in [0.15, 0.2) is 16.5 Å². The molecule has 0 radical (unpaired) electrons. The number of benzene rings is 1. The number of nitrogens with zero attached hydrogens (tertiary/aromatic N) is 1. The van der Waals surface area contributed by atoms with E-state index in [1.807, 2.05) is 18.7 Å². The molecule has 136 valence electrons. The van der Waals surface area contributed by atoms with Crippen molar-refractivity contribution in [3.05, 3.63) is 34.6 Å². The van der Waals surface area contributed by atoms with E-state index in [4.69, 9.17) is 4.42 Å². The van der Waals surface area contributed by atoms with E-state index in [-0.39, 0.29) is 18.3 Å². The summed E-state index contributed by atoms with van der Waals surface area (Å²) in [5, 5.41) is 4.58.